The van der Waals surface area contributed by atoms with E-state index in [1.54, 1.807) is 18.7 Å². The molecule has 1 aromatic rings. The van der Waals surface area contributed by atoms with Crippen molar-refractivity contribution < 1.29 is 5.11 Å². The lowest BCUT2D eigenvalue weighted by molar-refractivity contribution is 0.108. The molecule has 0 radical (unpaired) electrons. The van der Waals surface area contributed by atoms with Crippen LogP contribution < -0.4 is 0 Å². The molecule has 1 rings (SSSR count). The van der Waals surface area contributed by atoms with E-state index in [0.717, 1.165) is 9.92 Å². The molecule has 1 atom stereocenters. The predicted octanol–water partition coefficient (Wildman–Crippen LogP) is 4.11. The van der Waals surface area contributed by atoms with Crippen LogP contribution in [-0.4, -0.2) is 10.7 Å². The highest BCUT2D eigenvalue weighted by molar-refractivity contribution is 8.02. The maximum Gasteiger partial charge on any atom is 0.0805 e. The van der Waals surface area contributed by atoms with Crippen molar-refractivity contribution in [3.63, 3.8) is 0 Å². The zero-order valence-corrected chi connectivity index (χ0v) is 10.5. The quantitative estimate of drug-likeness (QED) is 0.802. The fourth-order valence-electron chi connectivity index (χ4n) is 0.890. The number of thioether (sulfide) groups is 1. The van der Waals surface area contributed by atoms with Gasteiger partial charge in [-0.05, 0) is 49.1 Å². The summed E-state index contributed by atoms with van der Waals surface area (Å²) < 4.78 is 0. The lowest BCUT2D eigenvalue weighted by Gasteiger charge is -2.15. The first-order valence-corrected chi connectivity index (χ1v) is 6.11. The summed E-state index contributed by atoms with van der Waals surface area (Å²) in [6.07, 6.45) is 2.52. The molecule has 0 spiro atoms. The molecule has 0 aliphatic carbocycles. The van der Waals surface area contributed by atoms with E-state index in [9.17, 15) is 5.11 Å². The fourth-order valence-corrected chi connectivity index (χ4v) is 1.83. The van der Waals surface area contributed by atoms with Gasteiger partial charge >= 0.3 is 0 Å². The summed E-state index contributed by atoms with van der Waals surface area (Å²) in [6, 6.07) is 7.63. The van der Waals surface area contributed by atoms with E-state index in [2.05, 4.69) is 0 Å². The van der Waals surface area contributed by atoms with Crippen molar-refractivity contribution in [1.29, 1.82) is 0 Å². The van der Waals surface area contributed by atoms with E-state index in [4.69, 9.17) is 11.6 Å². The molecule has 15 heavy (non-hydrogen) atoms. The molecular formula is C12H15ClOS. The van der Waals surface area contributed by atoms with Crippen LogP contribution in [0.4, 0.5) is 0 Å². The molecule has 0 saturated carbocycles. The van der Waals surface area contributed by atoms with Crippen LogP contribution in [0, 0.1) is 0 Å². The monoisotopic (exact) mass is 242 g/mol. The second kappa shape index (κ2) is 5.59. The van der Waals surface area contributed by atoms with E-state index >= 15 is 0 Å². The summed E-state index contributed by atoms with van der Waals surface area (Å²) in [5.74, 6) is 0. The molecule has 0 fully saturated rings. The summed E-state index contributed by atoms with van der Waals surface area (Å²) in [5, 5.41) is 12.4. The Labute approximate surface area is 100 Å². The maximum atomic E-state index is 9.72. The van der Waals surface area contributed by atoms with Gasteiger partial charge in [0.1, 0.15) is 0 Å². The molecule has 0 aliphatic rings. The number of rotatable bonds is 4. The molecule has 1 aromatic carbocycles. The number of benzene rings is 1. The summed E-state index contributed by atoms with van der Waals surface area (Å²) >= 11 is 7.35. The van der Waals surface area contributed by atoms with Gasteiger partial charge in [0, 0.05) is 9.92 Å². The van der Waals surface area contributed by atoms with Crippen LogP contribution in [0.1, 0.15) is 20.3 Å². The van der Waals surface area contributed by atoms with Crippen molar-refractivity contribution in [3.05, 3.63) is 40.8 Å². The van der Waals surface area contributed by atoms with Gasteiger partial charge in [-0.1, -0.05) is 30.3 Å². The van der Waals surface area contributed by atoms with Crippen LogP contribution in [0.3, 0.4) is 0 Å². The van der Waals surface area contributed by atoms with E-state index in [1.165, 1.54) is 0 Å². The van der Waals surface area contributed by atoms with Crippen molar-refractivity contribution in [2.75, 3.05) is 0 Å². The van der Waals surface area contributed by atoms with Crippen molar-refractivity contribution in [2.24, 2.45) is 0 Å². The second-order valence-electron chi connectivity index (χ2n) is 3.59. The Balaban J connectivity index is 2.54. The molecule has 0 amide bonds. The normalized spacial score (nSPS) is 15.5. The molecule has 1 unspecified atom stereocenters. The van der Waals surface area contributed by atoms with Crippen LogP contribution in [-0.2, 0) is 0 Å². The average molecular weight is 243 g/mol. The lowest BCUT2D eigenvalue weighted by atomic mass is 10.1. The summed E-state index contributed by atoms with van der Waals surface area (Å²) in [7, 11) is 0. The first-order chi connectivity index (χ1) is 7.03. The van der Waals surface area contributed by atoms with Gasteiger partial charge < -0.3 is 5.11 Å². The third kappa shape index (κ3) is 4.74. The molecule has 82 valence electrons. The summed E-state index contributed by atoms with van der Waals surface area (Å²) in [5.41, 5.74) is -0.709. The highest BCUT2D eigenvalue weighted by Crippen LogP contribution is 2.23. The minimum atomic E-state index is -0.709. The molecule has 1 nitrogen and oxygen atoms in total. The van der Waals surface area contributed by atoms with Gasteiger partial charge in [-0.25, -0.2) is 0 Å². The Kier molecular flexibility index (Phi) is 4.71. The number of aliphatic hydroxyl groups is 1. The number of hydrogen-bond acceptors (Lipinski definition) is 2. The topological polar surface area (TPSA) is 20.2 Å². The van der Waals surface area contributed by atoms with Gasteiger partial charge in [0.25, 0.3) is 0 Å². The number of hydrogen-bond donors (Lipinski definition) is 1. The zero-order chi connectivity index (χ0) is 11.3. The molecule has 0 saturated heterocycles. The Hall–Kier alpha value is -0.440. The SMILES string of the molecule is CCC(C)(O)/C=C/Sc1ccc(Cl)cc1. The molecule has 3 heteroatoms. The number of halogens is 1. The molecule has 1 N–H and O–H groups in total. The van der Waals surface area contributed by atoms with Crippen LogP contribution in [0.25, 0.3) is 0 Å². The van der Waals surface area contributed by atoms with Crippen molar-refractivity contribution >= 4 is 23.4 Å². The molecule has 0 aromatic heterocycles. The van der Waals surface area contributed by atoms with E-state index in [-0.39, 0.29) is 0 Å². The first-order valence-electron chi connectivity index (χ1n) is 4.86. The van der Waals surface area contributed by atoms with Gasteiger partial charge in [-0.15, -0.1) is 0 Å². The largest absolute Gasteiger partial charge is 0.386 e. The minimum absolute atomic E-state index is 0.709. The van der Waals surface area contributed by atoms with Gasteiger partial charge in [-0.3, -0.25) is 0 Å². The zero-order valence-electron chi connectivity index (χ0n) is 8.90. The minimum Gasteiger partial charge on any atom is -0.386 e. The van der Waals surface area contributed by atoms with Crippen molar-refractivity contribution in [3.8, 4) is 0 Å². The average Bonchev–Trinajstić information content (AvgIpc) is 2.21. The van der Waals surface area contributed by atoms with Crippen LogP contribution >= 0.6 is 23.4 Å². The molecule has 0 aliphatic heterocycles. The highest BCUT2D eigenvalue weighted by atomic mass is 35.5. The van der Waals surface area contributed by atoms with Gasteiger partial charge in [0.15, 0.2) is 0 Å². The highest BCUT2D eigenvalue weighted by Gasteiger charge is 2.11. The van der Waals surface area contributed by atoms with E-state index in [1.807, 2.05) is 42.7 Å². The van der Waals surface area contributed by atoms with Crippen LogP contribution in [0.15, 0.2) is 40.6 Å². The Morgan fingerprint density at radius 2 is 2.00 bits per heavy atom. The lowest BCUT2D eigenvalue weighted by Crippen LogP contribution is -2.18. The fraction of sp³-hybridized carbons (Fsp3) is 0.333. The Morgan fingerprint density at radius 1 is 1.40 bits per heavy atom. The molecule has 0 heterocycles. The van der Waals surface area contributed by atoms with Crippen molar-refractivity contribution in [2.45, 2.75) is 30.8 Å². The Bertz CT molecular complexity index is 330. The molecular weight excluding hydrogens is 228 g/mol. The predicted molar refractivity (Wildman–Crippen MR) is 67.4 cm³/mol. The van der Waals surface area contributed by atoms with E-state index < -0.39 is 5.60 Å². The Morgan fingerprint density at radius 3 is 2.53 bits per heavy atom. The third-order valence-corrected chi connectivity index (χ3v) is 3.23. The summed E-state index contributed by atoms with van der Waals surface area (Å²) in [6.45, 7) is 3.75. The van der Waals surface area contributed by atoms with Crippen LogP contribution in [0.2, 0.25) is 5.02 Å². The van der Waals surface area contributed by atoms with E-state index in [0.29, 0.717) is 6.42 Å². The molecule has 0 bridgehead atoms. The smallest absolute Gasteiger partial charge is 0.0805 e. The van der Waals surface area contributed by atoms with Gasteiger partial charge in [-0.2, -0.15) is 0 Å². The van der Waals surface area contributed by atoms with Crippen molar-refractivity contribution in [1.82, 2.24) is 0 Å². The van der Waals surface area contributed by atoms with Crippen LogP contribution in [0.5, 0.6) is 0 Å². The third-order valence-electron chi connectivity index (χ3n) is 2.16. The standard InChI is InChI=1S/C12H15ClOS/c1-3-12(2,14)8-9-15-11-6-4-10(13)5-7-11/h4-9,14H,3H2,1-2H3/b9-8+. The van der Waals surface area contributed by atoms with Gasteiger partial charge in [0.2, 0.25) is 0 Å². The second-order valence-corrected chi connectivity index (χ2v) is 5.00. The van der Waals surface area contributed by atoms with Gasteiger partial charge in [0.05, 0.1) is 5.60 Å². The maximum absolute atomic E-state index is 9.72. The summed E-state index contributed by atoms with van der Waals surface area (Å²) in [4.78, 5) is 1.11. The first kappa shape index (κ1) is 12.6.